The summed E-state index contributed by atoms with van der Waals surface area (Å²) in [7, 11) is 0. The molecule has 0 bridgehead atoms. The summed E-state index contributed by atoms with van der Waals surface area (Å²) in [6, 6.07) is 15.7. The molecule has 0 aliphatic rings. The number of anilines is 1. The number of carbonyl (C=O) groups excluding carboxylic acids is 1. The maximum absolute atomic E-state index is 11.0. The highest BCUT2D eigenvalue weighted by Gasteiger charge is 2.09. The molecule has 0 saturated heterocycles. The minimum Gasteiger partial charge on any atom is -0.494 e. The molecule has 2 heterocycles. The first kappa shape index (κ1) is 32.0. The Labute approximate surface area is 260 Å². The van der Waals surface area contributed by atoms with Crippen LogP contribution in [0.5, 0.6) is 5.75 Å². The van der Waals surface area contributed by atoms with Gasteiger partial charge in [-0.05, 0) is 80.8 Å². The van der Waals surface area contributed by atoms with Crippen LogP contribution < -0.4 is 10.1 Å². The monoisotopic (exact) mass is 618 g/mol. The van der Waals surface area contributed by atoms with Gasteiger partial charge in [0.1, 0.15) is 15.6 Å². The average Bonchev–Trinajstić information content (AvgIpc) is 3.57. The molecule has 4 rings (SSSR count). The zero-order chi connectivity index (χ0) is 30.3. The molecule has 1 N–H and O–H groups in total. The fourth-order valence-corrected chi connectivity index (χ4v) is 6.06. The Kier molecular flexibility index (Phi) is 12.8. The van der Waals surface area contributed by atoms with Gasteiger partial charge < -0.3 is 14.8 Å². The Morgan fingerprint density at radius 3 is 2.35 bits per heavy atom. The predicted molar refractivity (Wildman–Crippen MR) is 177 cm³/mol. The van der Waals surface area contributed by atoms with Crippen LogP contribution in [-0.4, -0.2) is 30.7 Å². The van der Waals surface area contributed by atoms with Crippen LogP contribution >= 0.6 is 22.7 Å². The summed E-state index contributed by atoms with van der Waals surface area (Å²) >= 11 is 2.97. The van der Waals surface area contributed by atoms with Gasteiger partial charge in [0.25, 0.3) is 0 Å². The van der Waals surface area contributed by atoms with Crippen molar-refractivity contribution in [3.8, 4) is 5.75 Å². The van der Waals surface area contributed by atoms with E-state index in [-0.39, 0.29) is 5.97 Å². The second-order valence-corrected chi connectivity index (χ2v) is 11.9. The van der Waals surface area contributed by atoms with Crippen molar-refractivity contribution in [1.82, 2.24) is 4.98 Å². The first-order valence-electron chi connectivity index (χ1n) is 14.6. The molecule has 2 aromatic heterocycles. The van der Waals surface area contributed by atoms with Crippen molar-refractivity contribution < 1.29 is 14.3 Å². The molecular weight excluding hydrogens is 581 g/mol. The van der Waals surface area contributed by atoms with Crippen molar-refractivity contribution in [2.75, 3.05) is 25.1 Å². The Morgan fingerprint density at radius 2 is 1.65 bits per heavy atom. The number of nitrogens with one attached hydrogen (secondary N) is 1. The van der Waals surface area contributed by atoms with E-state index in [0.717, 1.165) is 81.6 Å². The number of thiophene rings is 1. The number of hydrogen-bond donors (Lipinski definition) is 1. The maximum atomic E-state index is 11.0. The second-order valence-electron chi connectivity index (χ2n) is 9.87. The number of aromatic nitrogens is 1. The number of aryl methyl sites for hydroxylation is 1. The lowest BCUT2D eigenvalue weighted by atomic mass is 10.1. The molecule has 0 fully saturated rings. The first-order valence-corrected chi connectivity index (χ1v) is 16.3. The number of benzene rings is 2. The molecule has 43 heavy (non-hydrogen) atoms. The quantitative estimate of drug-likeness (QED) is 0.0516. The number of thiazole rings is 1. The van der Waals surface area contributed by atoms with E-state index >= 15 is 0 Å². The molecule has 0 unspecified atom stereocenters. The standard InChI is InChI=1S/C32H38N6O3S2/c1-4-30(39)41-20-12-10-8-6-7-9-11-19-40-26-16-13-24(14-17-26)35-37-29-22-28-31(43-29)34-32(42-28)38-36-27-18-15-25(33-5-2)21-23(27)3/h4,13-18,21-22,33H,1,5-12,19-20H2,2-3H3/b37-35+,38-36+. The van der Waals surface area contributed by atoms with E-state index < -0.39 is 0 Å². The number of rotatable bonds is 18. The molecule has 0 radical (unpaired) electrons. The van der Waals surface area contributed by atoms with Crippen LogP contribution in [0.25, 0.3) is 9.53 Å². The van der Waals surface area contributed by atoms with E-state index in [1.165, 1.54) is 41.6 Å². The number of fused-ring (bicyclic) bond motifs is 1. The fraction of sp³-hybridized carbons (Fsp3) is 0.375. The first-order chi connectivity index (χ1) is 21.0. The van der Waals surface area contributed by atoms with Gasteiger partial charge in [-0.1, -0.05) is 61.4 Å². The molecule has 0 amide bonds. The third kappa shape index (κ3) is 10.7. The lowest BCUT2D eigenvalue weighted by molar-refractivity contribution is -0.137. The maximum Gasteiger partial charge on any atom is 0.330 e. The second kappa shape index (κ2) is 17.2. The van der Waals surface area contributed by atoms with Crippen molar-refractivity contribution >= 4 is 65.4 Å². The van der Waals surface area contributed by atoms with Crippen LogP contribution in [-0.2, 0) is 9.53 Å². The van der Waals surface area contributed by atoms with Crippen LogP contribution in [0.15, 0.2) is 81.6 Å². The number of esters is 1. The Morgan fingerprint density at radius 1 is 0.907 bits per heavy atom. The van der Waals surface area contributed by atoms with Gasteiger partial charge in [0.15, 0.2) is 0 Å². The van der Waals surface area contributed by atoms with Crippen LogP contribution in [0.4, 0.5) is 27.2 Å². The molecule has 11 heteroatoms. The van der Waals surface area contributed by atoms with E-state index in [1.807, 2.05) is 49.4 Å². The normalized spacial score (nSPS) is 11.5. The molecule has 2 aromatic carbocycles. The lowest BCUT2D eigenvalue weighted by Crippen LogP contribution is -2.01. The van der Waals surface area contributed by atoms with Crippen molar-refractivity contribution in [3.05, 3.63) is 66.7 Å². The number of azo groups is 2. The largest absolute Gasteiger partial charge is 0.494 e. The molecule has 0 saturated carbocycles. The topological polar surface area (TPSA) is 110 Å². The minimum atomic E-state index is -0.345. The lowest BCUT2D eigenvalue weighted by Gasteiger charge is -2.06. The Hall–Kier alpha value is -3.96. The number of hydrogen-bond acceptors (Lipinski definition) is 11. The summed E-state index contributed by atoms with van der Waals surface area (Å²) in [6.07, 6.45) is 8.87. The Balaban J connectivity index is 1.14. The highest BCUT2D eigenvalue weighted by Crippen LogP contribution is 2.39. The minimum absolute atomic E-state index is 0.345. The summed E-state index contributed by atoms with van der Waals surface area (Å²) in [5.74, 6) is 0.488. The van der Waals surface area contributed by atoms with Gasteiger partial charge in [0, 0.05) is 18.3 Å². The van der Waals surface area contributed by atoms with E-state index in [1.54, 1.807) is 0 Å². The van der Waals surface area contributed by atoms with Gasteiger partial charge in [-0.3, -0.25) is 0 Å². The molecule has 226 valence electrons. The van der Waals surface area contributed by atoms with Gasteiger partial charge in [0.05, 0.1) is 29.3 Å². The molecule has 0 spiro atoms. The van der Waals surface area contributed by atoms with Crippen molar-refractivity contribution in [3.63, 3.8) is 0 Å². The summed E-state index contributed by atoms with van der Waals surface area (Å²) in [5.41, 5.74) is 3.73. The third-order valence-electron chi connectivity index (χ3n) is 6.46. The molecule has 4 aromatic rings. The zero-order valence-electron chi connectivity index (χ0n) is 24.8. The van der Waals surface area contributed by atoms with Crippen LogP contribution in [0.1, 0.15) is 57.4 Å². The van der Waals surface area contributed by atoms with Crippen LogP contribution in [0, 0.1) is 6.92 Å². The van der Waals surface area contributed by atoms with Gasteiger partial charge in [-0.25, -0.2) is 9.78 Å². The van der Waals surface area contributed by atoms with E-state index in [9.17, 15) is 4.79 Å². The molecular formula is C32H38N6O3S2. The number of carbonyl (C=O) groups is 1. The van der Waals surface area contributed by atoms with E-state index in [4.69, 9.17) is 9.47 Å². The molecule has 0 atom stereocenters. The smallest absolute Gasteiger partial charge is 0.330 e. The van der Waals surface area contributed by atoms with Crippen LogP contribution in [0.2, 0.25) is 0 Å². The summed E-state index contributed by atoms with van der Waals surface area (Å²) in [4.78, 5) is 16.5. The van der Waals surface area contributed by atoms with E-state index in [2.05, 4.69) is 50.3 Å². The predicted octanol–water partition coefficient (Wildman–Crippen LogP) is 10.8. The number of unbranched alkanes of at least 4 members (excludes halogenated alkanes) is 6. The number of ether oxygens (including phenoxy) is 2. The highest BCUT2D eigenvalue weighted by atomic mass is 32.1. The molecule has 9 nitrogen and oxygen atoms in total. The molecule has 0 aliphatic heterocycles. The third-order valence-corrected chi connectivity index (χ3v) is 8.38. The number of nitrogens with zero attached hydrogens (tertiary/aromatic N) is 5. The summed E-state index contributed by atoms with van der Waals surface area (Å²) in [5, 5.41) is 22.2. The average molecular weight is 619 g/mol. The van der Waals surface area contributed by atoms with Gasteiger partial charge in [-0.15, -0.1) is 20.5 Å². The Bertz CT molecular complexity index is 1500. The summed E-state index contributed by atoms with van der Waals surface area (Å²) in [6.45, 7) is 9.54. The highest BCUT2D eigenvalue weighted by molar-refractivity contribution is 7.30. The summed E-state index contributed by atoms with van der Waals surface area (Å²) < 4.78 is 11.9. The van der Waals surface area contributed by atoms with Crippen molar-refractivity contribution in [2.24, 2.45) is 20.5 Å². The van der Waals surface area contributed by atoms with Gasteiger partial charge >= 0.3 is 5.97 Å². The van der Waals surface area contributed by atoms with E-state index in [0.29, 0.717) is 18.3 Å². The van der Waals surface area contributed by atoms with Gasteiger partial charge in [-0.2, -0.15) is 0 Å². The fourth-order valence-electron chi connectivity index (χ4n) is 4.21. The van der Waals surface area contributed by atoms with Gasteiger partial charge in [0.2, 0.25) is 5.13 Å². The SMILES string of the molecule is C=CC(=O)OCCCCCCCCCOc1ccc(/N=N/c2cc3sc(/N=N/c4ccc(NCC)cc4C)nc3s2)cc1. The molecule has 0 aliphatic carbocycles. The van der Waals surface area contributed by atoms with Crippen LogP contribution in [0.3, 0.4) is 0 Å². The zero-order valence-corrected chi connectivity index (χ0v) is 26.4. The van der Waals surface area contributed by atoms with Crippen molar-refractivity contribution in [2.45, 2.75) is 58.8 Å². The van der Waals surface area contributed by atoms with Crippen molar-refractivity contribution in [1.29, 1.82) is 0 Å².